The first-order valence-electron chi connectivity index (χ1n) is 8.80. The van der Waals surface area contributed by atoms with E-state index in [9.17, 15) is 9.59 Å². The van der Waals surface area contributed by atoms with E-state index in [4.69, 9.17) is 0 Å². The number of thiazole rings is 1. The molecule has 6 nitrogen and oxygen atoms in total. The van der Waals surface area contributed by atoms with Crippen LogP contribution in [0.25, 0.3) is 22.2 Å². The van der Waals surface area contributed by atoms with E-state index in [0.29, 0.717) is 16.0 Å². The number of para-hydroxylation sites is 1. The van der Waals surface area contributed by atoms with E-state index in [1.165, 1.54) is 27.8 Å². The Morgan fingerprint density at radius 2 is 1.86 bits per heavy atom. The van der Waals surface area contributed by atoms with Crippen molar-refractivity contribution in [3.63, 3.8) is 0 Å². The van der Waals surface area contributed by atoms with Crippen LogP contribution >= 0.6 is 11.3 Å². The van der Waals surface area contributed by atoms with E-state index in [1.807, 2.05) is 44.2 Å². The highest BCUT2D eigenvalue weighted by Gasteiger charge is 2.13. The topological polar surface area (TPSA) is 76.9 Å². The van der Waals surface area contributed by atoms with Crippen molar-refractivity contribution in [2.75, 3.05) is 5.32 Å². The van der Waals surface area contributed by atoms with Crippen molar-refractivity contribution < 1.29 is 4.79 Å². The maximum atomic E-state index is 12.5. The number of nitrogens with zero attached hydrogens (tertiary/aromatic N) is 3. The summed E-state index contributed by atoms with van der Waals surface area (Å²) >= 11 is 1.44. The van der Waals surface area contributed by atoms with Crippen molar-refractivity contribution in [1.29, 1.82) is 0 Å². The second-order valence-electron chi connectivity index (χ2n) is 6.52. The third-order valence-electron chi connectivity index (χ3n) is 4.42. The van der Waals surface area contributed by atoms with Gasteiger partial charge in [0.2, 0.25) is 11.3 Å². The summed E-state index contributed by atoms with van der Waals surface area (Å²) in [5.41, 5.74) is 3.54. The van der Waals surface area contributed by atoms with Gasteiger partial charge in [-0.1, -0.05) is 42.0 Å². The fraction of sp³-hybridized carbons (Fsp3) is 0.143. The molecule has 0 fully saturated rings. The number of amides is 1. The maximum Gasteiger partial charge on any atom is 0.247 e. The van der Waals surface area contributed by atoms with Crippen LogP contribution in [0.1, 0.15) is 10.4 Å². The van der Waals surface area contributed by atoms with Crippen molar-refractivity contribution in [1.82, 2.24) is 14.8 Å². The summed E-state index contributed by atoms with van der Waals surface area (Å²) in [6.45, 7) is 4.02. The first-order valence-corrected chi connectivity index (χ1v) is 9.62. The summed E-state index contributed by atoms with van der Waals surface area (Å²) in [6.07, 6.45) is 1.23. The van der Waals surface area contributed by atoms with Crippen LogP contribution in [0.15, 0.2) is 59.5 Å². The number of rotatable bonds is 4. The zero-order chi connectivity index (χ0) is 19.7. The van der Waals surface area contributed by atoms with Crippen molar-refractivity contribution >= 4 is 33.3 Å². The van der Waals surface area contributed by atoms with E-state index in [1.54, 1.807) is 18.2 Å². The summed E-state index contributed by atoms with van der Waals surface area (Å²) in [4.78, 5) is 30.1. The molecule has 1 N–H and O–H groups in total. The highest BCUT2D eigenvalue weighted by Crippen LogP contribution is 2.30. The van der Waals surface area contributed by atoms with Crippen LogP contribution < -0.4 is 10.7 Å². The summed E-state index contributed by atoms with van der Waals surface area (Å²) in [5.74, 6) is -0.245. The Morgan fingerprint density at radius 1 is 1.11 bits per heavy atom. The Hall–Kier alpha value is -3.32. The van der Waals surface area contributed by atoms with Gasteiger partial charge in [0.25, 0.3) is 0 Å². The van der Waals surface area contributed by atoms with E-state index < -0.39 is 0 Å². The van der Waals surface area contributed by atoms with Crippen molar-refractivity contribution in [2.45, 2.75) is 20.4 Å². The van der Waals surface area contributed by atoms with Crippen LogP contribution in [-0.4, -0.2) is 20.7 Å². The molecule has 140 valence electrons. The SMILES string of the molecule is Cc1ccc(-c2nc(NC(=O)Cn3ncc(=O)c4ccccc43)sc2C)cc1. The molecule has 4 aromatic rings. The summed E-state index contributed by atoms with van der Waals surface area (Å²) in [5, 5.41) is 8.02. The van der Waals surface area contributed by atoms with E-state index in [0.717, 1.165) is 16.1 Å². The number of anilines is 1. The van der Waals surface area contributed by atoms with Crippen molar-refractivity contribution in [3.05, 3.63) is 75.4 Å². The molecule has 0 bridgehead atoms. The monoisotopic (exact) mass is 390 g/mol. The molecule has 2 heterocycles. The molecule has 0 aliphatic carbocycles. The lowest BCUT2D eigenvalue weighted by atomic mass is 10.1. The maximum absolute atomic E-state index is 12.5. The molecule has 0 saturated carbocycles. The Kier molecular flexibility index (Phi) is 4.75. The van der Waals surface area contributed by atoms with Crippen LogP contribution in [0.3, 0.4) is 0 Å². The highest BCUT2D eigenvalue weighted by atomic mass is 32.1. The molecule has 28 heavy (non-hydrogen) atoms. The summed E-state index contributed by atoms with van der Waals surface area (Å²) in [6, 6.07) is 15.2. The van der Waals surface area contributed by atoms with Gasteiger partial charge in [0.15, 0.2) is 5.13 Å². The van der Waals surface area contributed by atoms with E-state index in [-0.39, 0.29) is 17.9 Å². The number of carbonyl (C=O) groups excluding carboxylic acids is 1. The van der Waals surface area contributed by atoms with Crippen molar-refractivity contribution in [3.8, 4) is 11.3 Å². The van der Waals surface area contributed by atoms with Gasteiger partial charge in [-0.3, -0.25) is 14.3 Å². The normalized spacial score (nSPS) is 10.9. The minimum atomic E-state index is -0.245. The number of hydrogen-bond acceptors (Lipinski definition) is 5. The lowest BCUT2D eigenvalue weighted by molar-refractivity contribution is -0.116. The number of carbonyl (C=O) groups is 1. The zero-order valence-corrected chi connectivity index (χ0v) is 16.3. The van der Waals surface area contributed by atoms with Gasteiger partial charge in [0.05, 0.1) is 17.4 Å². The molecule has 2 aromatic heterocycles. The van der Waals surface area contributed by atoms with Crippen LogP contribution in [0.2, 0.25) is 0 Å². The first-order chi connectivity index (χ1) is 13.5. The number of aryl methyl sites for hydroxylation is 2. The van der Waals surface area contributed by atoms with Crippen LogP contribution in [0.4, 0.5) is 5.13 Å². The third-order valence-corrected chi connectivity index (χ3v) is 5.31. The van der Waals surface area contributed by atoms with Gasteiger partial charge in [0.1, 0.15) is 6.54 Å². The van der Waals surface area contributed by atoms with E-state index >= 15 is 0 Å². The molecule has 0 atom stereocenters. The van der Waals surface area contributed by atoms with Gasteiger partial charge in [-0.25, -0.2) is 4.98 Å². The Bertz CT molecular complexity index is 1230. The molecule has 0 spiro atoms. The molecule has 7 heteroatoms. The average Bonchev–Trinajstić information content (AvgIpc) is 3.05. The first kappa shape index (κ1) is 18.1. The molecule has 2 aromatic carbocycles. The van der Waals surface area contributed by atoms with Gasteiger partial charge in [-0.2, -0.15) is 5.10 Å². The highest BCUT2D eigenvalue weighted by molar-refractivity contribution is 7.16. The van der Waals surface area contributed by atoms with Crippen LogP contribution in [0, 0.1) is 13.8 Å². The second-order valence-corrected chi connectivity index (χ2v) is 7.72. The third kappa shape index (κ3) is 3.57. The van der Waals surface area contributed by atoms with Crippen LogP contribution in [0.5, 0.6) is 0 Å². The number of hydrogen-bond donors (Lipinski definition) is 1. The number of aromatic nitrogens is 3. The molecule has 0 unspecified atom stereocenters. The molecule has 1 amide bonds. The minimum Gasteiger partial charge on any atom is -0.300 e. The predicted molar refractivity (Wildman–Crippen MR) is 112 cm³/mol. The largest absolute Gasteiger partial charge is 0.300 e. The van der Waals surface area contributed by atoms with Gasteiger partial charge in [-0.15, -0.1) is 11.3 Å². The average molecular weight is 390 g/mol. The molecule has 0 radical (unpaired) electrons. The molecule has 0 aliphatic heterocycles. The molecule has 4 rings (SSSR count). The molecule has 0 aliphatic rings. The van der Waals surface area contributed by atoms with Gasteiger partial charge in [-0.05, 0) is 26.0 Å². The van der Waals surface area contributed by atoms with Gasteiger partial charge < -0.3 is 5.32 Å². The molecular weight excluding hydrogens is 372 g/mol. The Labute approximate surface area is 165 Å². The number of nitrogens with one attached hydrogen (secondary N) is 1. The van der Waals surface area contributed by atoms with E-state index in [2.05, 4.69) is 15.4 Å². The number of benzene rings is 2. The fourth-order valence-corrected chi connectivity index (χ4v) is 3.86. The van der Waals surface area contributed by atoms with Crippen molar-refractivity contribution in [2.24, 2.45) is 0 Å². The Balaban J connectivity index is 1.55. The minimum absolute atomic E-state index is 0.000708. The number of fused-ring (bicyclic) bond motifs is 1. The van der Waals surface area contributed by atoms with Crippen LogP contribution in [-0.2, 0) is 11.3 Å². The fourth-order valence-electron chi connectivity index (χ4n) is 3.01. The van der Waals surface area contributed by atoms with Gasteiger partial charge >= 0.3 is 0 Å². The lowest BCUT2D eigenvalue weighted by Crippen LogP contribution is -2.22. The van der Waals surface area contributed by atoms with Gasteiger partial charge in [0, 0.05) is 15.8 Å². The predicted octanol–water partition coefficient (Wildman–Crippen LogP) is 3.78. The lowest BCUT2D eigenvalue weighted by Gasteiger charge is -2.08. The Morgan fingerprint density at radius 3 is 2.64 bits per heavy atom. The summed E-state index contributed by atoms with van der Waals surface area (Å²) in [7, 11) is 0. The summed E-state index contributed by atoms with van der Waals surface area (Å²) < 4.78 is 1.52. The smallest absolute Gasteiger partial charge is 0.247 e. The standard InChI is InChI=1S/C21H18N4O2S/c1-13-7-9-15(10-8-13)20-14(2)28-21(24-20)23-19(27)12-25-17-6-4-3-5-16(17)18(26)11-22-25/h3-11H,12H2,1-2H3,(H,23,24,27). The zero-order valence-electron chi connectivity index (χ0n) is 15.5. The second kappa shape index (κ2) is 7.36. The quantitative estimate of drug-likeness (QED) is 0.575. The molecular formula is C21H18N4O2S. The molecule has 0 saturated heterocycles.